The Kier molecular flexibility index (Phi) is 6.39. The number of methoxy groups -OCH3 is 1. The van der Waals surface area contributed by atoms with Crippen LogP contribution in [0.15, 0.2) is 48.5 Å². The molecule has 2 fully saturated rings. The molecule has 0 radical (unpaired) electrons. The van der Waals surface area contributed by atoms with Gasteiger partial charge in [0.1, 0.15) is 11.6 Å². The maximum atomic E-state index is 13.0. The maximum absolute atomic E-state index is 13.0. The first-order valence-corrected chi connectivity index (χ1v) is 10.7. The van der Waals surface area contributed by atoms with E-state index in [0.29, 0.717) is 38.5 Å². The first-order chi connectivity index (χ1) is 15.4. The molecule has 0 aliphatic carbocycles. The summed E-state index contributed by atoms with van der Waals surface area (Å²) in [5.74, 6) is -0.151. The third-order valence-corrected chi connectivity index (χ3v) is 6.07. The van der Waals surface area contributed by atoms with Gasteiger partial charge in [-0.3, -0.25) is 14.4 Å². The van der Waals surface area contributed by atoms with Crippen LogP contribution in [0.5, 0.6) is 5.75 Å². The molecule has 3 amide bonds. The summed E-state index contributed by atoms with van der Waals surface area (Å²) in [6.07, 6.45) is 0.400. The second-order valence-corrected chi connectivity index (χ2v) is 8.11. The Labute approximate surface area is 186 Å². The first kappa shape index (κ1) is 21.8. The summed E-state index contributed by atoms with van der Waals surface area (Å²) < 4.78 is 18.2. The Morgan fingerprint density at radius 3 is 2.22 bits per heavy atom. The molecule has 2 saturated heterocycles. The van der Waals surface area contributed by atoms with Crippen molar-refractivity contribution in [2.45, 2.75) is 12.8 Å². The zero-order chi connectivity index (χ0) is 22.7. The molecule has 7 nitrogen and oxygen atoms in total. The molecule has 1 atom stereocenters. The molecule has 0 spiro atoms. The highest BCUT2D eigenvalue weighted by Gasteiger charge is 2.38. The van der Waals surface area contributed by atoms with E-state index in [1.54, 1.807) is 46.1 Å². The van der Waals surface area contributed by atoms with Crippen LogP contribution in [0, 0.1) is 11.7 Å². The minimum absolute atomic E-state index is 0.0366. The lowest BCUT2D eigenvalue weighted by Gasteiger charge is -2.36. The van der Waals surface area contributed by atoms with E-state index in [1.165, 1.54) is 12.1 Å². The Morgan fingerprint density at radius 2 is 1.59 bits per heavy atom. The van der Waals surface area contributed by atoms with Crippen LogP contribution in [0.4, 0.5) is 10.1 Å². The van der Waals surface area contributed by atoms with E-state index in [9.17, 15) is 18.8 Å². The van der Waals surface area contributed by atoms with Gasteiger partial charge in [-0.2, -0.15) is 0 Å². The fourth-order valence-electron chi connectivity index (χ4n) is 4.21. The van der Waals surface area contributed by atoms with Crippen molar-refractivity contribution in [3.63, 3.8) is 0 Å². The van der Waals surface area contributed by atoms with E-state index in [0.717, 1.165) is 11.3 Å². The van der Waals surface area contributed by atoms with Crippen molar-refractivity contribution >= 4 is 23.4 Å². The molecule has 168 valence electrons. The fourth-order valence-corrected chi connectivity index (χ4v) is 4.21. The molecule has 2 aromatic carbocycles. The average molecular weight is 439 g/mol. The third kappa shape index (κ3) is 4.74. The predicted octanol–water partition coefficient (Wildman–Crippen LogP) is 2.10. The van der Waals surface area contributed by atoms with Gasteiger partial charge >= 0.3 is 0 Å². The van der Waals surface area contributed by atoms with Crippen LogP contribution in [-0.2, 0) is 20.8 Å². The number of halogens is 1. The molecule has 0 aromatic heterocycles. The number of nitrogens with zero attached hydrogens (tertiary/aromatic N) is 3. The largest absolute Gasteiger partial charge is 0.497 e. The summed E-state index contributed by atoms with van der Waals surface area (Å²) in [7, 11) is 1.58. The lowest BCUT2D eigenvalue weighted by Crippen LogP contribution is -2.52. The van der Waals surface area contributed by atoms with Crippen LogP contribution in [0.3, 0.4) is 0 Å². The number of hydrogen-bond donors (Lipinski definition) is 0. The molecule has 2 aliphatic rings. The van der Waals surface area contributed by atoms with Crippen molar-refractivity contribution in [1.29, 1.82) is 0 Å². The summed E-state index contributed by atoms with van der Waals surface area (Å²) >= 11 is 0. The summed E-state index contributed by atoms with van der Waals surface area (Å²) in [6.45, 7) is 2.15. The molecular formula is C24H26FN3O4. The zero-order valence-corrected chi connectivity index (χ0v) is 18.0. The van der Waals surface area contributed by atoms with E-state index < -0.39 is 0 Å². The van der Waals surface area contributed by atoms with Gasteiger partial charge in [-0.15, -0.1) is 0 Å². The first-order valence-electron chi connectivity index (χ1n) is 10.7. The van der Waals surface area contributed by atoms with Gasteiger partial charge in [-0.05, 0) is 42.0 Å². The van der Waals surface area contributed by atoms with Gasteiger partial charge in [0.15, 0.2) is 0 Å². The highest BCUT2D eigenvalue weighted by molar-refractivity contribution is 6.00. The molecule has 2 heterocycles. The van der Waals surface area contributed by atoms with Crippen molar-refractivity contribution in [2.24, 2.45) is 5.92 Å². The van der Waals surface area contributed by atoms with Crippen LogP contribution in [0.1, 0.15) is 12.0 Å². The van der Waals surface area contributed by atoms with Crippen LogP contribution >= 0.6 is 0 Å². The van der Waals surface area contributed by atoms with Gasteiger partial charge in [-0.1, -0.05) is 12.1 Å². The lowest BCUT2D eigenvalue weighted by molar-refractivity contribution is -0.141. The van der Waals surface area contributed by atoms with Crippen LogP contribution < -0.4 is 9.64 Å². The Balaban J connectivity index is 1.29. The summed E-state index contributed by atoms with van der Waals surface area (Å²) in [6, 6.07) is 13.1. The molecular weight excluding hydrogens is 413 g/mol. The molecule has 8 heteroatoms. The minimum Gasteiger partial charge on any atom is -0.497 e. The third-order valence-electron chi connectivity index (χ3n) is 6.07. The summed E-state index contributed by atoms with van der Waals surface area (Å²) in [5, 5.41) is 0. The average Bonchev–Trinajstić information content (AvgIpc) is 3.21. The molecule has 2 aliphatic heterocycles. The minimum atomic E-state index is -0.383. The quantitative estimate of drug-likeness (QED) is 0.716. The van der Waals surface area contributed by atoms with Gasteiger partial charge in [0.2, 0.25) is 17.7 Å². The van der Waals surface area contributed by atoms with Gasteiger partial charge < -0.3 is 19.4 Å². The van der Waals surface area contributed by atoms with Crippen molar-refractivity contribution in [3.05, 3.63) is 59.9 Å². The zero-order valence-electron chi connectivity index (χ0n) is 18.0. The fraction of sp³-hybridized carbons (Fsp3) is 0.375. The van der Waals surface area contributed by atoms with Gasteiger partial charge in [-0.25, -0.2) is 4.39 Å². The molecule has 0 bridgehead atoms. The van der Waals surface area contributed by atoms with E-state index in [2.05, 4.69) is 0 Å². The highest BCUT2D eigenvalue weighted by Crippen LogP contribution is 2.28. The molecule has 2 aromatic rings. The number of hydrogen-bond acceptors (Lipinski definition) is 4. The van der Waals surface area contributed by atoms with Gasteiger partial charge in [0.05, 0.1) is 19.4 Å². The van der Waals surface area contributed by atoms with Crippen LogP contribution in [0.25, 0.3) is 0 Å². The number of rotatable bonds is 5. The molecule has 4 rings (SSSR count). The second-order valence-electron chi connectivity index (χ2n) is 8.11. The van der Waals surface area contributed by atoms with E-state index >= 15 is 0 Å². The van der Waals surface area contributed by atoms with Gasteiger partial charge in [0.25, 0.3) is 0 Å². The lowest BCUT2D eigenvalue weighted by atomic mass is 10.1. The van der Waals surface area contributed by atoms with E-state index in [4.69, 9.17) is 4.74 Å². The number of carbonyl (C=O) groups is 3. The van der Waals surface area contributed by atoms with E-state index in [-0.39, 0.29) is 42.3 Å². The van der Waals surface area contributed by atoms with Crippen molar-refractivity contribution in [2.75, 3.05) is 44.7 Å². The number of anilines is 1. The highest BCUT2D eigenvalue weighted by atomic mass is 19.1. The van der Waals surface area contributed by atoms with Gasteiger partial charge in [0, 0.05) is 44.8 Å². The number of ether oxygens (including phenoxy) is 1. The molecule has 0 saturated carbocycles. The SMILES string of the molecule is COc1ccc(N2CC(C(=O)N3CCN(C(=O)Cc4ccc(F)cc4)CC3)CC2=O)cc1. The monoisotopic (exact) mass is 439 g/mol. The number of benzene rings is 2. The molecule has 0 N–H and O–H groups in total. The Hall–Kier alpha value is -3.42. The Morgan fingerprint density at radius 1 is 0.969 bits per heavy atom. The number of amides is 3. The molecule has 32 heavy (non-hydrogen) atoms. The van der Waals surface area contributed by atoms with Crippen molar-refractivity contribution in [1.82, 2.24) is 9.80 Å². The predicted molar refractivity (Wildman–Crippen MR) is 117 cm³/mol. The maximum Gasteiger partial charge on any atom is 0.228 e. The Bertz CT molecular complexity index is 985. The van der Waals surface area contributed by atoms with E-state index in [1.807, 2.05) is 12.1 Å². The second kappa shape index (κ2) is 9.38. The normalized spacial score (nSPS) is 18.8. The summed E-state index contributed by atoms with van der Waals surface area (Å²) in [5.41, 5.74) is 1.51. The van der Waals surface area contributed by atoms with Crippen molar-refractivity contribution in [3.8, 4) is 5.75 Å². The molecule has 1 unspecified atom stereocenters. The number of carbonyl (C=O) groups excluding carboxylic acids is 3. The standard InChI is InChI=1S/C24H26FN3O4/c1-32-21-8-6-20(7-9-21)28-16-18(15-23(28)30)24(31)27-12-10-26(11-13-27)22(29)14-17-2-4-19(25)5-3-17/h2-9,18H,10-16H2,1H3. The smallest absolute Gasteiger partial charge is 0.228 e. The van der Waals surface area contributed by atoms with Crippen LogP contribution in [-0.4, -0.2) is 67.4 Å². The van der Waals surface area contributed by atoms with Crippen molar-refractivity contribution < 1.29 is 23.5 Å². The van der Waals surface area contributed by atoms with Crippen LogP contribution in [0.2, 0.25) is 0 Å². The number of piperazine rings is 1. The topological polar surface area (TPSA) is 70.2 Å². The summed E-state index contributed by atoms with van der Waals surface area (Å²) in [4.78, 5) is 43.2.